The Bertz CT molecular complexity index is 1350. The quantitative estimate of drug-likeness (QED) is 0.169. The molecule has 4 aromatic rings. The third-order valence-electron chi connectivity index (χ3n) is 6.28. The Labute approximate surface area is 209 Å². The van der Waals surface area contributed by atoms with Gasteiger partial charge < -0.3 is 4.74 Å². The molecule has 0 saturated carbocycles. The molecule has 0 unspecified atom stereocenters. The van der Waals surface area contributed by atoms with Crippen molar-refractivity contribution < 1.29 is 4.74 Å². The second-order valence-corrected chi connectivity index (χ2v) is 11.9. The average Bonchev–Trinajstić information content (AvgIpc) is 3.21. The Kier molecular flexibility index (Phi) is 6.54. The van der Waals surface area contributed by atoms with Gasteiger partial charge >= 0.3 is 0 Å². The highest BCUT2D eigenvalue weighted by atomic mass is 32.2. The van der Waals surface area contributed by atoms with Crippen molar-refractivity contribution in [3.63, 3.8) is 0 Å². The normalized spacial score (nSPS) is 13.7. The van der Waals surface area contributed by atoms with Crippen molar-refractivity contribution in [2.75, 3.05) is 12.4 Å². The van der Waals surface area contributed by atoms with Gasteiger partial charge in [-0.15, -0.1) is 11.3 Å². The van der Waals surface area contributed by atoms with E-state index in [9.17, 15) is 4.79 Å². The van der Waals surface area contributed by atoms with Gasteiger partial charge in [-0.3, -0.25) is 9.36 Å². The molecular formula is C28H30N2O2S2. The number of ether oxygens (including phenoxy) is 1. The molecule has 0 atom stereocenters. The van der Waals surface area contributed by atoms with E-state index in [-0.39, 0.29) is 11.0 Å². The molecule has 4 nitrogen and oxygen atoms in total. The summed E-state index contributed by atoms with van der Waals surface area (Å²) in [6.07, 6.45) is 4.39. The van der Waals surface area contributed by atoms with Crippen LogP contribution in [-0.4, -0.2) is 21.9 Å². The highest BCUT2D eigenvalue weighted by molar-refractivity contribution is 7.99. The largest absolute Gasteiger partial charge is 0.493 e. The first-order chi connectivity index (χ1) is 16.4. The second kappa shape index (κ2) is 9.59. The minimum Gasteiger partial charge on any atom is -0.493 e. The van der Waals surface area contributed by atoms with Gasteiger partial charge in [0.1, 0.15) is 10.6 Å². The maximum atomic E-state index is 13.7. The van der Waals surface area contributed by atoms with E-state index in [0.29, 0.717) is 12.4 Å². The van der Waals surface area contributed by atoms with E-state index in [1.54, 1.807) is 27.7 Å². The fraction of sp³-hybridized carbons (Fsp3) is 0.357. The topological polar surface area (TPSA) is 44.1 Å². The zero-order valence-electron chi connectivity index (χ0n) is 20.0. The summed E-state index contributed by atoms with van der Waals surface area (Å²) >= 11 is 3.28. The van der Waals surface area contributed by atoms with Crippen molar-refractivity contribution in [1.29, 1.82) is 0 Å². The highest BCUT2D eigenvalue weighted by Gasteiger charge is 2.23. The molecule has 2 aromatic heterocycles. The molecule has 34 heavy (non-hydrogen) atoms. The monoisotopic (exact) mass is 490 g/mol. The molecule has 0 radical (unpaired) electrons. The van der Waals surface area contributed by atoms with Crippen LogP contribution in [-0.2, 0) is 18.3 Å². The molecule has 5 rings (SSSR count). The van der Waals surface area contributed by atoms with Gasteiger partial charge in [-0.2, -0.15) is 0 Å². The van der Waals surface area contributed by atoms with Crippen LogP contribution in [0, 0.1) is 0 Å². The van der Waals surface area contributed by atoms with E-state index in [1.807, 2.05) is 42.5 Å². The van der Waals surface area contributed by atoms with Crippen LogP contribution in [0.2, 0.25) is 0 Å². The molecule has 0 saturated heterocycles. The first kappa shape index (κ1) is 23.2. The van der Waals surface area contributed by atoms with E-state index in [1.165, 1.54) is 22.4 Å². The zero-order valence-corrected chi connectivity index (χ0v) is 21.6. The first-order valence-corrected chi connectivity index (χ1v) is 13.7. The molecule has 0 spiro atoms. The number of aryl methyl sites for hydroxylation is 2. The third kappa shape index (κ3) is 4.66. The lowest BCUT2D eigenvalue weighted by Gasteiger charge is -2.19. The number of rotatable bonds is 6. The summed E-state index contributed by atoms with van der Waals surface area (Å²) in [6, 6.07) is 18.2. The van der Waals surface area contributed by atoms with Crippen molar-refractivity contribution in [2.45, 2.75) is 57.0 Å². The summed E-state index contributed by atoms with van der Waals surface area (Å²) in [4.78, 5) is 20.9. The van der Waals surface area contributed by atoms with Crippen molar-refractivity contribution in [2.24, 2.45) is 0 Å². The van der Waals surface area contributed by atoms with Gasteiger partial charge in [0.2, 0.25) is 0 Å². The zero-order chi connectivity index (χ0) is 23.7. The third-order valence-corrected chi connectivity index (χ3v) is 8.36. The van der Waals surface area contributed by atoms with Crippen molar-refractivity contribution >= 4 is 33.3 Å². The van der Waals surface area contributed by atoms with Crippen LogP contribution < -0.4 is 10.3 Å². The average molecular weight is 491 g/mol. The molecular weight excluding hydrogens is 460 g/mol. The Morgan fingerprint density at radius 3 is 2.50 bits per heavy atom. The molecule has 0 bridgehead atoms. The predicted molar refractivity (Wildman–Crippen MR) is 143 cm³/mol. The lowest BCUT2D eigenvalue weighted by Crippen LogP contribution is -2.22. The number of hydrogen-bond acceptors (Lipinski definition) is 5. The summed E-state index contributed by atoms with van der Waals surface area (Å²) in [5.41, 5.74) is 3.56. The van der Waals surface area contributed by atoms with E-state index < -0.39 is 0 Å². The van der Waals surface area contributed by atoms with Crippen LogP contribution in [0.1, 0.15) is 49.6 Å². The summed E-state index contributed by atoms with van der Waals surface area (Å²) in [6.45, 7) is 7.17. The number of benzene rings is 2. The standard InChI is InChI=1S/C28H30N2O2S2/c1-28(2,3)19-13-15-21(16-14-19)32-17-18-33-27-29-25-24(22-11-7-8-12-23(22)34-25)26(31)30(27)20-9-5-4-6-10-20/h4-6,9-10,13-16H,7-8,11-12,17-18H2,1-3H3. The molecule has 0 fully saturated rings. The molecule has 0 amide bonds. The van der Waals surface area contributed by atoms with E-state index in [4.69, 9.17) is 9.72 Å². The maximum absolute atomic E-state index is 13.7. The molecule has 0 N–H and O–H groups in total. The Hall–Kier alpha value is -2.57. The fourth-order valence-electron chi connectivity index (χ4n) is 4.43. The van der Waals surface area contributed by atoms with Crippen LogP contribution in [0.4, 0.5) is 0 Å². The molecule has 0 aliphatic heterocycles. The number of nitrogens with zero attached hydrogens (tertiary/aromatic N) is 2. The lowest BCUT2D eigenvalue weighted by atomic mass is 9.87. The summed E-state index contributed by atoms with van der Waals surface area (Å²) in [5.74, 6) is 1.57. The predicted octanol–water partition coefficient (Wildman–Crippen LogP) is 6.79. The van der Waals surface area contributed by atoms with Crippen LogP contribution in [0.3, 0.4) is 0 Å². The Morgan fingerprint density at radius 1 is 1.03 bits per heavy atom. The fourth-order valence-corrected chi connectivity index (χ4v) is 6.56. The summed E-state index contributed by atoms with van der Waals surface area (Å²) < 4.78 is 7.78. The van der Waals surface area contributed by atoms with Gasteiger partial charge in [0.05, 0.1) is 17.7 Å². The van der Waals surface area contributed by atoms with E-state index in [0.717, 1.165) is 46.1 Å². The molecule has 176 valence electrons. The smallest absolute Gasteiger partial charge is 0.267 e. The number of hydrogen-bond donors (Lipinski definition) is 0. The molecule has 1 aliphatic rings. The van der Waals surface area contributed by atoms with Crippen LogP contribution in [0.25, 0.3) is 15.9 Å². The van der Waals surface area contributed by atoms with Crippen LogP contribution >= 0.6 is 23.1 Å². The van der Waals surface area contributed by atoms with Crippen molar-refractivity contribution in [3.05, 3.63) is 81.0 Å². The molecule has 1 aliphatic carbocycles. The van der Waals surface area contributed by atoms with Crippen molar-refractivity contribution in [1.82, 2.24) is 9.55 Å². The number of aromatic nitrogens is 2. The lowest BCUT2D eigenvalue weighted by molar-refractivity contribution is 0.343. The van der Waals surface area contributed by atoms with Gasteiger partial charge in [0, 0.05) is 10.6 Å². The highest BCUT2D eigenvalue weighted by Crippen LogP contribution is 2.35. The molecule has 6 heteroatoms. The second-order valence-electron chi connectivity index (χ2n) is 9.73. The minimum atomic E-state index is 0.0526. The molecule has 2 heterocycles. The van der Waals surface area contributed by atoms with Gasteiger partial charge in [-0.05, 0) is 66.5 Å². The molecule has 2 aromatic carbocycles. The summed E-state index contributed by atoms with van der Waals surface area (Å²) in [5, 5.41) is 1.55. The maximum Gasteiger partial charge on any atom is 0.267 e. The van der Waals surface area contributed by atoms with E-state index >= 15 is 0 Å². The first-order valence-electron chi connectivity index (χ1n) is 11.9. The number of thioether (sulfide) groups is 1. The van der Waals surface area contributed by atoms with E-state index in [2.05, 4.69) is 32.9 Å². The summed E-state index contributed by atoms with van der Waals surface area (Å²) in [7, 11) is 0. The van der Waals surface area contributed by atoms with Gasteiger partial charge in [0.15, 0.2) is 5.16 Å². The number of para-hydroxylation sites is 1. The number of thiophene rings is 1. The Balaban J connectivity index is 1.39. The van der Waals surface area contributed by atoms with Crippen LogP contribution in [0.5, 0.6) is 5.75 Å². The SMILES string of the molecule is CC(C)(C)c1ccc(OCCSc2nc3sc4c(c3c(=O)n2-c2ccccc2)CCCC4)cc1. The van der Waals surface area contributed by atoms with Gasteiger partial charge in [-0.1, -0.05) is 62.9 Å². The minimum absolute atomic E-state index is 0.0526. The van der Waals surface area contributed by atoms with Crippen molar-refractivity contribution in [3.8, 4) is 11.4 Å². The van der Waals surface area contributed by atoms with Crippen LogP contribution in [0.15, 0.2) is 64.5 Å². The van der Waals surface area contributed by atoms with Gasteiger partial charge in [-0.25, -0.2) is 4.98 Å². The Morgan fingerprint density at radius 2 is 1.76 bits per heavy atom. The number of fused-ring (bicyclic) bond motifs is 3. The van der Waals surface area contributed by atoms with Gasteiger partial charge in [0.25, 0.3) is 5.56 Å².